The molecule has 1 atom stereocenters. The number of hydrogen-bond acceptors (Lipinski definition) is 4. The fourth-order valence-electron chi connectivity index (χ4n) is 3.19. The van der Waals surface area contributed by atoms with Crippen LogP contribution in [0.15, 0.2) is 36.7 Å². The van der Waals surface area contributed by atoms with Crippen LogP contribution < -0.4 is 5.32 Å². The summed E-state index contributed by atoms with van der Waals surface area (Å²) in [5.41, 5.74) is 2.17. The van der Waals surface area contributed by atoms with Crippen LogP contribution in [0, 0.1) is 5.92 Å². The Balaban J connectivity index is 0.00000156. The molecular formula is C18H25Cl3N4. The fourth-order valence-corrected chi connectivity index (χ4v) is 3.32. The molecule has 0 radical (unpaired) electrons. The molecule has 0 aliphatic carbocycles. The van der Waals surface area contributed by atoms with Crippen molar-refractivity contribution in [2.45, 2.75) is 19.4 Å². The molecule has 4 nitrogen and oxygen atoms in total. The minimum atomic E-state index is 0. The molecule has 1 N–H and O–H groups in total. The Kier molecular flexibility index (Phi) is 9.69. The van der Waals surface area contributed by atoms with Crippen LogP contribution in [0.2, 0.25) is 5.02 Å². The number of benzene rings is 1. The average Bonchev–Trinajstić information content (AvgIpc) is 2.57. The first kappa shape index (κ1) is 22.1. The first-order valence-corrected chi connectivity index (χ1v) is 8.56. The largest absolute Gasteiger partial charge is 0.319 e. The van der Waals surface area contributed by atoms with Gasteiger partial charge < -0.3 is 5.32 Å². The summed E-state index contributed by atoms with van der Waals surface area (Å²) in [6, 6.07) is 7.63. The lowest BCUT2D eigenvalue weighted by atomic mass is 9.98. The maximum atomic E-state index is 5.92. The maximum Gasteiger partial charge on any atom is 0.159 e. The first-order valence-electron chi connectivity index (χ1n) is 8.18. The Morgan fingerprint density at radius 3 is 2.48 bits per heavy atom. The molecule has 7 heteroatoms. The number of rotatable bonds is 5. The third-order valence-electron chi connectivity index (χ3n) is 4.31. The van der Waals surface area contributed by atoms with E-state index in [1.807, 2.05) is 43.7 Å². The minimum Gasteiger partial charge on any atom is -0.319 e. The molecule has 1 aliphatic rings. The molecule has 1 aliphatic heterocycles. The summed E-state index contributed by atoms with van der Waals surface area (Å²) < 4.78 is 0. The molecule has 1 aromatic heterocycles. The second-order valence-corrected chi connectivity index (χ2v) is 6.66. The third kappa shape index (κ3) is 6.39. The van der Waals surface area contributed by atoms with Gasteiger partial charge in [0.25, 0.3) is 0 Å². The summed E-state index contributed by atoms with van der Waals surface area (Å²) in [5.74, 6) is 1.50. The van der Waals surface area contributed by atoms with Crippen LogP contribution in [-0.2, 0) is 6.54 Å². The Morgan fingerprint density at radius 2 is 1.84 bits per heavy atom. The second-order valence-electron chi connectivity index (χ2n) is 6.22. The predicted octanol–water partition coefficient (Wildman–Crippen LogP) is 4.07. The van der Waals surface area contributed by atoms with Crippen molar-refractivity contribution in [3.05, 3.63) is 47.2 Å². The van der Waals surface area contributed by atoms with Crippen molar-refractivity contribution in [1.29, 1.82) is 0 Å². The molecule has 3 rings (SSSR count). The van der Waals surface area contributed by atoms with Crippen LogP contribution in [0.4, 0.5) is 0 Å². The molecule has 2 aromatic rings. The van der Waals surface area contributed by atoms with Gasteiger partial charge in [0.15, 0.2) is 5.82 Å². The number of hydrogen-bond donors (Lipinski definition) is 1. The zero-order chi connectivity index (χ0) is 16.1. The van der Waals surface area contributed by atoms with Gasteiger partial charge in [-0.15, -0.1) is 24.8 Å². The molecule has 0 amide bonds. The minimum absolute atomic E-state index is 0. The molecule has 138 valence electrons. The summed E-state index contributed by atoms with van der Waals surface area (Å²) in [6.45, 7) is 4.35. The number of halogens is 3. The number of likely N-dealkylation sites (tertiary alicyclic amines) is 1. The standard InChI is InChI=1S/C18H23ClN4.2ClH/c1-20-9-14-3-2-8-23(12-14)13-15-10-21-18(22-11-15)16-4-6-17(19)7-5-16;;/h4-7,10-11,14,20H,2-3,8-9,12-13H2,1H3;2*1H. The summed E-state index contributed by atoms with van der Waals surface area (Å²) in [4.78, 5) is 11.5. The molecule has 1 unspecified atom stereocenters. The number of aromatic nitrogens is 2. The Labute approximate surface area is 167 Å². The van der Waals surface area contributed by atoms with E-state index in [4.69, 9.17) is 11.6 Å². The van der Waals surface area contributed by atoms with E-state index in [0.717, 1.165) is 42.0 Å². The molecule has 1 saturated heterocycles. The molecule has 0 spiro atoms. The predicted molar refractivity (Wildman–Crippen MR) is 109 cm³/mol. The van der Waals surface area contributed by atoms with E-state index >= 15 is 0 Å². The van der Waals surface area contributed by atoms with Crippen molar-refractivity contribution in [1.82, 2.24) is 20.2 Å². The normalized spacial score (nSPS) is 17.4. The Morgan fingerprint density at radius 1 is 1.16 bits per heavy atom. The van der Waals surface area contributed by atoms with Crippen molar-refractivity contribution in [3.8, 4) is 11.4 Å². The van der Waals surface area contributed by atoms with Gasteiger partial charge in [-0.25, -0.2) is 9.97 Å². The molecular weight excluding hydrogens is 379 g/mol. The second kappa shape index (κ2) is 10.9. The highest BCUT2D eigenvalue weighted by molar-refractivity contribution is 6.30. The third-order valence-corrected chi connectivity index (χ3v) is 4.56. The van der Waals surface area contributed by atoms with Crippen molar-refractivity contribution in [2.24, 2.45) is 5.92 Å². The van der Waals surface area contributed by atoms with E-state index < -0.39 is 0 Å². The number of piperidine rings is 1. The quantitative estimate of drug-likeness (QED) is 0.817. The molecule has 0 bridgehead atoms. The van der Waals surface area contributed by atoms with Crippen LogP contribution in [0.5, 0.6) is 0 Å². The molecule has 1 aromatic carbocycles. The summed E-state index contributed by atoms with van der Waals surface area (Å²) in [6.07, 6.45) is 6.48. The van der Waals surface area contributed by atoms with Gasteiger partial charge in [-0.1, -0.05) is 11.6 Å². The first-order chi connectivity index (χ1) is 11.2. The topological polar surface area (TPSA) is 41.0 Å². The van der Waals surface area contributed by atoms with E-state index in [1.165, 1.54) is 24.9 Å². The van der Waals surface area contributed by atoms with E-state index in [9.17, 15) is 0 Å². The SMILES string of the molecule is CNCC1CCCN(Cc2cnc(-c3ccc(Cl)cc3)nc2)C1.Cl.Cl. The van der Waals surface area contributed by atoms with Gasteiger partial charge in [0, 0.05) is 41.6 Å². The van der Waals surface area contributed by atoms with E-state index in [-0.39, 0.29) is 24.8 Å². The zero-order valence-electron chi connectivity index (χ0n) is 14.3. The lowest BCUT2D eigenvalue weighted by molar-refractivity contribution is 0.166. The highest BCUT2D eigenvalue weighted by Crippen LogP contribution is 2.20. The Hall–Kier alpha value is -0.910. The van der Waals surface area contributed by atoms with Crippen LogP contribution in [0.1, 0.15) is 18.4 Å². The van der Waals surface area contributed by atoms with Crippen molar-refractivity contribution >= 4 is 36.4 Å². The Bertz CT molecular complexity index is 617. The van der Waals surface area contributed by atoms with Crippen LogP contribution in [0.25, 0.3) is 11.4 Å². The maximum absolute atomic E-state index is 5.92. The van der Waals surface area contributed by atoms with Crippen LogP contribution >= 0.6 is 36.4 Å². The van der Waals surface area contributed by atoms with Gasteiger partial charge in [0.1, 0.15) is 0 Å². The average molecular weight is 404 g/mol. The summed E-state index contributed by atoms with van der Waals surface area (Å²) in [5, 5.41) is 4.02. The van der Waals surface area contributed by atoms with Crippen LogP contribution in [0.3, 0.4) is 0 Å². The van der Waals surface area contributed by atoms with Gasteiger partial charge in [-0.05, 0) is 63.2 Å². The smallest absolute Gasteiger partial charge is 0.159 e. The van der Waals surface area contributed by atoms with Gasteiger partial charge in [0.2, 0.25) is 0 Å². The summed E-state index contributed by atoms with van der Waals surface area (Å²) in [7, 11) is 2.03. The highest BCUT2D eigenvalue weighted by atomic mass is 35.5. The van der Waals surface area contributed by atoms with Gasteiger partial charge in [-0.3, -0.25) is 4.90 Å². The number of nitrogens with zero attached hydrogens (tertiary/aromatic N) is 3. The fraction of sp³-hybridized carbons (Fsp3) is 0.444. The van der Waals surface area contributed by atoms with Crippen LogP contribution in [-0.4, -0.2) is 41.5 Å². The van der Waals surface area contributed by atoms with Gasteiger partial charge in [0.05, 0.1) is 0 Å². The molecule has 25 heavy (non-hydrogen) atoms. The van der Waals surface area contributed by atoms with E-state index in [0.29, 0.717) is 0 Å². The van der Waals surface area contributed by atoms with E-state index in [1.54, 1.807) is 0 Å². The lowest BCUT2D eigenvalue weighted by Gasteiger charge is -2.32. The lowest BCUT2D eigenvalue weighted by Crippen LogP contribution is -2.38. The van der Waals surface area contributed by atoms with Gasteiger partial charge >= 0.3 is 0 Å². The van der Waals surface area contributed by atoms with Crippen molar-refractivity contribution in [3.63, 3.8) is 0 Å². The molecule has 2 heterocycles. The highest BCUT2D eigenvalue weighted by Gasteiger charge is 2.19. The van der Waals surface area contributed by atoms with Gasteiger partial charge in [-0.2, -0.15) is 0 Å². The monoisotopic (exact) mass is 402 g/mol. The van der Waals surface area contributed by atoms with E-state index in [2.05, 4.69) is 20.2 Å². The van der Waals surface area contributed by atoms with Crippen molar-refractivity contribution in [2.75, 3.05) is 26.7 Å². The summed E-state index contributed by atoms with van der Waals surface area (Å²) >= 11 is 5.92. The zero-order valence-corrected chi connectivity index (χ0v) is 16.7. The molecule has 0 saturated carbocycles. The number of nitrogens with one attached hydrogen (secondary N) is 1. The van der Waals surface area contributed by atoms with Crippen molar-refractivity contribution < 1.29 is 0 Å². The molecule has 1 fully saturated rings.